The van der Waals surface area contributed by atoms with Crippen LogP contribution in [0.5, 0.6) is 0 Å². The Labute approximate surface area is 142 Å². The minimum absolute atomic E-state index is 0.279. The molecule has 25 heavy (non-hydrogen) atoms. The van der Waals surface area contributed by atoms with Crippen LogP contribution in [0.3, 0.4) is 0 Å². The summed E-state index contributed by atoms with van der Waals surface area (Å²) < 4.78 is 13.4. The van der Waals surface area contributed by atoms with Gasteiger partial charge in [0.15, 0.2) is 5.58 Å². The Balaban J connectivity index is 1.45. The maximum atomic E-state index is 12.0. The van der Waals surface area contributed by atoms with Gasteiger partial charge in [-0.25, -0.2) is 9.59 Å². The maximum Gasteiger partial charge on any atom is 0.420 e. The fourth-order valence-corrected chi connectivity index (χ4v) is 2.87. The van der Waals surface area contributed by atoms with Crippen molar-refractivity contribution in [1.29, 1.82) is 0 Å². The van der Waals surface area contributed by atoms with Gasteiger partial charge in [0.1, 0.15) is 5.69 Å². The van der Waals surface area contributed by atoms with Crippen LogP contribution in [0.25, 0.3) is 11.1 Å². The number of hydrogen-bond acceptors (Lipinski definition) is 6. The number of fused-ring (bicyclic) bond motifs is 1. The number of aromatic nitrogens is 4. The molecule has 0 aliphatic carbocycles. The van der Waals surface area contributed by atoms with E-state index in [1.807, 2.05) is 18.2 Å². The summed E-state index contributed by atoms with van der Waals surface area (Å²) in [4.78, 5) is 25.3. The second kappa shape index (κ2) is 6.42. The minimum Gasteiger partial charge on any atom is -0.449 e. The maximum absolute atomic E-state index is 12.0. The summed E-state index contributed by atoms with van der Waals surface area (Å²) in [5.41, 5.74) is 1.91. The molecule has 1 aromatic carbocycles. The highest BCUT2D eigenvalue weighted by Crippen LogP contribution is 2.13. The smallest absolute Gasteiger partial charge is 0.420 e. The molecule has 1 fully saturated rings. The monoisotopic (exact) mass is 343 g/mol. The number of cyclic esters (lactones) is 1. The van der Waals surface area contributed by atoms with Gasteiger partial charge < -0.3 is 14.1 Å². The zero-order valence-corrected chi connectivity index (χ0v) is 13.5. The molecule has 1 amide bonds. The molecule has 9 nitrogen and oxygen atoms in total. The number of hydrogen-bond donors (Lipinski definition) is 0. The number of benzene rings is 1. The average molecular weight is 343 g/mol. The highest BCUT2D eigenvalue weighted by atomic mass is 16.6. The molecule has 1 aliphatic rings. The number of para-hydroxylation sites is 2. The molecule has 2 aromatic heterocycles. The molecule has 3 heterocycles. The van der Waals surface area contributed by atoms with Crippen molar-refractivity contribution < 1.29 is 13.9 Å². The molecule has 0 N–H and O–H groups in total. The van der Waals surface area contributed by atoms with Crippen LogP contribution in [0.2, 0.25) is 0 Å². The molecule has 1 aliphatic heterocycles. The molecule has 0 saturated carbocycles. The van der Waals surface area contributed by atoms with Crippen molar-refractivity contribution in [2.75, 3.05) is 19.7 Å². The molecule has 0 bridgehead atoms. The molecule has 130 valence electrons. The van der Waals surface area contributed by atoms with Crippen LogP contribution in [0, 0.1) is 0 Å². The van der Waals surface area contributed by atoms with Crippen molar-refractivity contribution in [2.24, 2.45) is 0 Å². The molecule has 1 saturated heterocycles. The molecule has 0 radical (unpaired) electrons. The lowest BCUT2D eigenvalue weighted by Crippen LogP contribution is -2.39. The van der Waals surface area contributed by atoms with E-state index in [0.29, 0.717) is 37.5 Å². The highest BCUT2D eigenvalue weighted by Gasteiger charge is 2.19. The summed E-state index contributed by atoms with van der Waals surface area (Å²) >= 11 is 0. The predicted molar refractivity (Wildman–Crippen MR) is 87.1 cm³/mol. The first kappa shape index (κ1) is 15.4. The first-order valence-corrected chi connectivity index (χ1v) is 8.10. The summed E-state index contributed by atoms with van der Waals surface area (Å²) in [6.45, 7) is 2.48. The van der Waals surface area contributed by atoms with Crippen molar-refractivity contribution in [1.82, 2.24) is 24.5 Å². The summed E-state index contributed by atoms with van der Waals surface area (Å²) in [5, 5.41) is 8.16. The van der Waals surface area contributed by atoms with Gasteiger partial charge in [0.05, 0.1) is 31.4 Å². The van der Waals surface area contributed by atoms with Crippen LogP contribution >= 0.6 is 0 Å². The Bertz CT molecular complexity index is 957. The average Bonchev–Trinajstić information content (AvgIpc) is 3.19. The second-order valence-electron chi connectivity index (χ2n) is 5.85. The van der Waals surface area contributed by atoms with Gasteiger partial charge in [0, 0.05) is 13.1 Å². The lowest BCUT2D eigenvalue weighted by Gasteiger charge is -2.25. The van der Waals surface area contributed by atoms with E-state index in [2.05, 4.69) is 10.3 Å². The van der Waals surface area contributed by atoms with Gasteiger partial charge in [-0.2, -0.15) is 0 Å². The van der Waals surface area contributed by atoms with Gasteiger partial charge in [0.25, 0.3) is 0 Å². The van der Waals surface area contributed by atoms with Crippen LogP contribution in [-0.4, -0.2) is 50.3 Å². The van der Waals surface area contributed by atoms with E-state index in [1.165, 1.54) is 4.57 Å². The normalized spacial score (nSPS) is 14.9. The third kappa shape index (κ3) is 3.12. The van der Waals surface area contributed by atoms with E-state index in [9.17, 15) is 9.59 Å². The SMILES string of the molecule is O=C1OCCCN1CCn1cc(Cn2c(=O)oc3ccccc32)nn1. The number of amides is 1. The van der Waals surface area contributed by atoms with E-state index in [1.54, 1.807) is 21.8 Å². The molecule has 4 rings (SSSR count). The summed E-state index contributed by atoms with van der Waals surface area (Å²) in [6.07, 6.45) is 2.32. The predicted octanol–water partition coefficient (Wildman–Crippen LogP) is 1.08. The fraction of sp³-hybridized carbons (Fsp3) is 0.375. The fourth-order valence-electron chi connectivity index (χ4n) is 2.87. The van der Waals surface area contributed by atoms with Gasteiger partial charge >= 0.3 is 11.8 Å². The number of ether oxygens (including phenoxy) is 1. The Morgan fingerprint density at radius 2 is 2.04 bits per heavy atom. The Kier molecular flexibility index (Phi) is 3.96. The van der Waals surface area contributed by atoms with Gasteiger partial charge in [-0.15, -0.1) is 5.10 Å². The van der Waals surface area contributed by atoms with Crippen molar-refractivity contribution in [3.05, 3.63) is 46.7 Å². The zero-order chi connectivity index (χ0) is 17.2. The molecule has 3 aromatic rings. The Hall–Kier alpha value is -3.10. The third-order valence-electron chi connectivity index (χ3n) is 4.14. The molecular weight excluding hydrogens is 326 g/mol. The first-order valence-electron chi connectivity index (χ1n) is 8.10. The number of carbonyl (C=O) groups excluding carboxylic acids is 1. The van der Waals surface area contributed by atoms with Crippen LogP contribution in [0.15, 0.2) is 39.7 Å². The Morgan fingerprint density at radius 3 is 2.92 bits per heavy atom. The van der Waals surface area contributed by atoms with E-state index in [0.717, 1.165) is 11.9 Å². The molecule has 0 spiro atoms. The first-order chi connectivity index (χ1) is 12.2. The third-order valence-corrected chi connectivity index (χ3v) is 4.14. The van der Waals surface area contributed by atoms with Gasteiger partial charge in [-0.1, -0.05) is 17.3 Å². The molecule has 0 unspecified atom stereocenters. The quantitative estimate of drug-likeness (QED) is 0.688. The van der Waals surface area contributed by atoms with Gasteiger partial charge in [-0.05, 0) is 18.6 Å². The zero-order valence-electron chi connectivity index (χ0n) is 13.5. The van der Waals surface area contributed by atoms with E-state index < -0.39 is 5.76 Å². The van der Waals surface area contributed by atoms with E-state index in [4.69, 9.17) is 9.15 Å². The van der Waals surface area contributed by atoms with Crippen LogP contribution in [0.4, 0.5) is 4.79 Å². The summed E-state index contributed by atoms with van der Waals surface area (Å²) in [7, 11) is 0. The lowest BCUT2D eigenvalue weighted by molar-refractivity contribution is 0.0712. The van der Waals surface area contributed by atoms with Gasteiger partial charge in [0.2, 0.25) is 0 Å². The lowest BCUT2D eigenvalue weighted by atomic mass is 10.3. The van der Waals surface area contributed by atoms with Crippen LogP contribution in [0.1, 0.15) is 12.1 Å². The van der Waals surface area contributed by atoms with E-state index in [-0.39, 0.29) is 12.6 Å². The second-order valence-corrected chi connectivity index (χ2v) is 5.85. The van der Waals surface area contributed by atoms with Gasteiger partial charge in [-0.3, -0.25) is 9.25 Å². The Morgan fingerprint density at radius 1 is 1.16 bits per heavy atom. The largest absolute Gasteiger partial charge is 0.449 e. The van der Waals surface area contributed by atoms with Crippen molar-refractivity contribution in [3.63, 3.8) is 0 Å². The van der Waals surface area contributed by atoms with Crippen LogP contribution in [-0.2, 0) is 17.8 Å². The van der Waals surface area contributed by atoms with E-state index >= 15 is 0 Å². The molecular formula is C16H17N5O4. The van der Waals surface area contributed by atoms with Crippen molar-refractivity contribution >= 4 is 17.2 Å². The minimum atomic E-state index is -0.424. The highest BCUT2D eigenvalue weighted by molar-refractivity contribution is 5.72. The van der Waals surface area contributed by atoms with Crippen LogP contribution < -0.4 is 5.76 Å². The molecule has 9 heteroatoms. The topological polar surface area (TPSA) is 95.4 Å². The summed E-state index contributed by atoms with van der Waals surface area (Å²) in [6, 6.07) is 7.24. The molecule has 0 atom stereocenters. The number of nitrogens with zero attached hydrogens (tertiary/aromatic N) is 5. The van der Waals surface area contributed by atoms with Crippen molar-refractivity contribution in [3.8, 4) is 0 Å². The number of oxazole rings is 1. The number of carbonyl (C=O) groups is 1. The van der Waals surface area contributed by atoms with Crippen molar-refractivity contribution in [2.45, 2.75) is 19.5 Å². The number of rotatable bonds is 5. The summed E-state index contributed by atoms with van der Waals surface area (Å²) in [5.74, 6) is -0.424. The standard InChI is InChI=1S/C16H17N5O4/c22-15-19(6-3-9-24-15)7-8-20-10-12(17-18-20)11-21-13-4-1-2-5-14(13)25-16(21)23/h1-2,4-5,10H,3,6-9,11H2.